The van der Waals surface area contributed by atoms with Crippen molar-refractivity contribution in [2.24, 2.45) is 0 Å². The summed E-state index contributed by atoms with van der Waals surface area (Å²) in [5, 5.41) is 2.83. The van der Waals surface area contributed by atoms with Crippen LogP contribution in [0.1, 0.15) is 31.9 Å². The summed E-state index contributed by atoms with van der Waals surface area (Å²) in [6, 6.07) is 9.09. The van der Waals surface area contributed by atoms with Crippen LogP contribution in [0.4, 0.5) is 28.9 Å². The van der Waals surface area contributed by atoms with Crippen molar-refractivity contribution in [1.29, 1.82) is 0 Å². The van der Waals surface area contributed by atoms with Crippen molar-refractivity contribution in [3.8, 4) is 0 Å². The minimum atomic E-state index is -4.74. The highest BCUT2D eigenvalue weighted by atomic mass is 32.2. The predicted molar refractivity (Wildman–Crippen MR) is 97.5 cm³/mol. The van der Waals surface area contributed by atoms with Crippen LogP contribution in [0.3, 0.4) is 0 Å². The Labute approximate surface area is 155 Å². The Balaban J connectivity index is 2.03. The lowest BCUT2D eigenvalue weighted by Crippen LogP contribution is -2.33. The molecule has 0 radical (unpaired) electrons. The van der Waals surface area contributed by atoms with Gasteiger partial charge in [-0.05, 0) is 56.7 Å². The summed E-state index contributed by atoms with van der Waals surface area (Å²) in [5.41, 5.74) is 0.0322. The minimum absolute atomic E-state index is 0.206. The quantitative estimate of drug-likeness (QED) is 0.690. The molecule has 2 aromatic rings. The van der Waals surface area contributed by atoms with E-state index in [4.69, 9.17) is 0 Å². The maximum absolute atomic E-state index is 13.6. The van der Waals surface area contributed by atoms with E-state index in [0.29, 0.717) is 11.8 Å². The van der Waals surface area contributed by atoms with Crippen molar-refractivity contribution in [3.05, 3.63) is 59.4 Å². The van der Waals surface area contributed by atoms with Crippen LogP contribution in [0.25, 0.3) is 0 Å². The van der Waals surface area contributed by atoms with Crippen molar-refractivity contribution in [3.63, 3.8) is 0 Å². The maximum Gasteiger partial charge on any atom is 0.419 e. The van der Waals surface area contributed by atoms with Crippen molar-refractivity contribution < 1.29 is 26.0 Å². The molecule has 0 saturated carbocycles. The van der Waals surface area contributed by atoms with Gasteiger partial charge in [0.05, 0.1) is 10.3 Å². The van der Waals surface area contributed by atoms with Gasteiger partial charge in [-0.15, -0.1) is 0 Å². The summed E-state index contributed by atoms with van der Waals surface area (Å²) in [4.78, 5) is 0. The van der Waals surface area contributed by atoms with Gasteiger partial charge >= 0.3 is 6.18 Å². The van der Waals surface area contributed by atoms with E-state index in [2.05, 4.69) is 10.0 Å². The first-order chi connectivity index (χ1) is 12.3. The van der Waals surface area contributed by atoms with Gasteiger partial charge in [0.15, 0.2) is 0 Å². The summed E-state index contributed by atoms with van der Waals surface area (Å²) >= 11 is 0. The molecule has 2 N–H and O–H groups in total. The smallest absolute Gasteiger partial charge is 0.381 e. The number of benzene rings is 2. The molecule has 0 saturated heterocycles. The normalized spacial score (nSPS) is 12.7. The number of hydrogen-bond donors (Lipinski definition) is 2. The number of sulfonamides is 1. The van der Waals surface area contributed by atoms with Crippen LogP contribution in [-0.4, -0.2) is 13.2 Å². The Hall–Kier alpha value is -2.29. The molecule has 0 aliphatic carbocycles. The van der Waals surface area contributed by atoms with Gasteiger partial charge in [0.25, 0.3) is 0 Å². The molecule has 0 fully saturated rings. The van der Waals surface area contributed by atoms with E-state index < -0.39 is 32.3 Å². The average Bonchev–Trinajstić information content (AvgIpc) is 2.51. The van der Waals surface area contributed by atoms with E-state index in [-0.39, 0.29) is 12.2 Å². The number of halogens is 4. The highest BCUT2D eigenvalue weighted by Gasteiger charge is 2.33. The average molecular weight is 404 g/mol. The van der Waals surface area contributed by atoms with Crippen molar-refractivity contribution >= 4 is 21.4 Å². The molecular weight excluding hydrogens is 384 g/mol. The maximum atomic E-state index is 13.6. The van der Waals surface area contributed by atoms with Gasteiger partial charge in [0.1, 0.15) is 5.82 Å². The van der Waals surface area contributed by atoms with Crippen LogP contribution in [0.2, 0.25) is 0 Å². The highest BCUT2D eigenvalue weighted by Crippen LogP contribution is 2.32. The molecule has 0 spiro atoms. The molecule has 0 amide bonds. The molecule has 0 atom stereocenters. The Bertz CT molecular complexity index is 902. The van der Waals surface area contributed by atoms with E-state index in [0.717, 1.165) is 17.7 Å². The number of nitrogens with one attached hydrogen (secondary N) is 2. The standard InChI is InChI=1S/C18H20F4N2O2S/c1-17(2,3)27(25,26)24-13-6-4-12(5-7-13)11-23-14-8-9-15(16(19)10-14)18(20,21)22/h4-10,23-24H,11H2,1-3H3. The van der Waals surface area contributed by atoms with Crippen LogP contribution in [0.15, 0.2) is 42.5 Å². The molecule has 0 aliphatic heterocycles. The van der Waals surface area contributed by atoms with Gasteiger partial charge in [0.2, 0.25) is 10.0 Å². The van der Waals surface area contributed by atoms with Gasteiger partial charge in [-0.1, -0.05) is 12.1 Å². The highest BCUT2D eigenvalue weighted by molar-refractivity contribution is 7.94. The zero-order valence-electron chi connectivity index (χ0n) is 15.0. The third-order valence-corrected chi connectivity index (χ3v) is 5.90. The lowest BCUT2D eigenvalue weighted by atomic mass is 10.1. The summed E-state index contributed by atoms with van der Waals surface area (Å²) < 4.78 is 76.9. The van der Waals surface area contributed by atoms with Crippen LogP contribution in [0.5, 0.6) is 0 Å². The first kappa shape index (κ1) is 21.0. The molecule has 9 heteroatoms. The Morgan fingerprint density at radius 2 is 1.48 bits per heavy atom. The predicted octanol–water partition coefficient (Wildman–Crippen LogP) is 5.00. The third kappa shape index (κ3) is 5.35. The minimum Gasteiger partial charge on any atom is -0.381 e. The fraction of sp³-hybridized carbons (Fsp3) is 0.333. The summed E-state index contributed by atoms with van der Waals surface area (Å²) in [7, 11) is -3.54. The first-order valence-electron chi connectivity index (χ1n) is 8.01. The molecule has 2 rings (SSSR count). The molecule has 27 heavy (non-hydrogen) atoms. The van der Waals surface area contributed by atoms with E-state index in [1.807, 2.05) is 0 Å². The van der Waals surface area contributed by atoms with E-state index in [1.165, 1.54) is 0 Å². The van der Waals surface area contributed by atoms with Crippen LogP contribution < -0.4 is 10.0 Å². The number of hydrogen-bond acceptors (Lipinski definition) is 3. The largest absolute Gasteiger partial charge is 0.419 e. The first-order valence-corrected chi connectivity index (χ1v) is 9.50. The van der Waals surface area contributed by atoms with E-state index in [1.54, 1.807) is 45.0 Å². The van der Waals surface area contributed by atoms with Gasteiger partial charge < -0.3 is 5.32 Å². The summed E-state index contributed by atoms with van der Waals surface area (Å²) in [6.07, 6.45) is -4.74. The fourth-order valence-corrected chi connectivity index (χ4v) is 2.81. The monoisotopic (exact) mass is 404 g/mol. The van der Waals surface area contributed by atoms with Crippen LogP contribution >= 0.6 is 0 Å². The van der Waals surface area contributed by atoms with Crippen LogP contribution in [-0.2, 0) is 22.7 Å². The van der Waals surface area contributed by atoms with Crippen molar-refractivity contribution in [2.45, 2.75) is 38.2 Å². The molecule has 0 aromatic heterocycles. The molecule has 0 heterocycles. The lowest BCUT2D eigenvalue weighted by Gasteiger charge is -2.20. The zero-order chi connectivity index (χ0) is 20.5. The second-order valence-corrected chi connectivity index (χ2v) is 9.40. The summed E-state index contributed by atoms with van der Waals surface area (Å²) in [6.45, 7) is 4.97. The van der Waals surface area contributed by atoms with E-state index >= 15 is 0 Å². The third-order valence-electron chi connectivity index (χ3n) is 3.78. The SMILES string of the molecule is CC(C)(C)S(=O)(=O)Nc1ccc(CNc2ccc(C(F)(F)F)c(F)c2)cc1. The number of rotatable bonds is 5. The number of alkyl halides is 3. The second-order valence-electron chi connectivity index (χ2n) is 6.96. The number of anilines is 2. The molecule has 0 aliphatic rings. The Morgan fingerprint density at radius 1 is 0.926 bits per heavy atom. The van der Waals surface area contributed by atoms with E-state index in [9.17, 15) is 26.0 Å². The fourth-order valence-electron chi connectivity index (χ4n) is 2.06. The zero-order valence-corrected chi connectivity index (χ0v) is 15.8. The van der Waals surface area contributed by atoms with Crippen molar-refractivity contribution in [2.75, 3.05) is 10.0 Å². The van der Waals surface area contributed by atoms with Gasteiger partial charge in [0, 0.05) is 17.9 Å². The molecule has 0 unspecified atom stereocenters. The second kappa shape index (κ2) is 7.38. The molecular formula is C18H20F4N2O2S. The van der Waals surface area contributed by atoms with Gasteiger partial charge in [-0.2, -0.15) is 13.2 Å². The summed E-state index contributed by atoms with van der Waals surface area (Å²) in [5.74, 6) is -1.35. The lowest BCUT2D eigenvalue weighted by molar-refractivity contribution is -0.139. The Morgan fingerprint density at radius 3 is 1.96 bits per heavy atom. The Kier molecular flexibility index (Phi) is 5.74. The molecule has 4 nitrogen and oxygen atoms in total. The molecule has 0 bridgehead atoms. The topological polar surface area (TPSA) is 58.2 Å². The molecule has 148 valence electrons. The molecule has 2 aromatic carbocycles. The van der Waals surface area contributed by atoms with Gasteiger partial charge in [-0.3, -0.25) is 4.72 Å². The van der Waals surface area contributed by atoms with Crippen LogP contribution in [0, 0.1) is 5.82 Å². The van der Waals surface area contributed by atoms with Crippen molar-refractivity contribution in [1.82, 2.24) is 0 Å². The van der Waals surface area contributed by atoms with Gasteiger partial charge in [-0.25, -0.2) is 12.8 Å².